The molecule has 1 unspecified atom stereocenters. The lowest BCUT2D eigenvalue weighted by Gasteiger charge is -2.10. The minimum Gasteiger partial charge on any atom is -0.197 e. The van der Waals surface area contributed by atoms with E-state index >= 15 is 0 Å². The van der Waals surface area contributed by atoms with E-state index in [1.54, 1.807) is 6.07 Å². The Hall–Kier alpha value is -0.920. The van der Waals surface area contributed by atoms with Gasteiger partial charge in [-0.1, -0.05) is 11.6 Å². The Morgan fingerprint density at radius 1 is 1.38 bits per heavy atom. The van der Waals surface area contributed by atoms with E-state index in [-0.39, 0.29) is 17.0 Å². The van der Waals surface area contributed by atoms with Crippen LogP contribution in [0, 0.1) is 11.3 Å². The lowest BCUT2D eigenvalue weighted by Crippen LogP contribution is -2.07. The van der Waals surface area contributed by atoms with Crippen LogP contribution in [0.3, 0.4) is 0 Å². The van der Waals surface area contributed by atoms with Gasteiger partial charge in [-0.05, 0) is 23.8 Å². The van der Waals surface area contributed by atoms with Crippen molar-refractivity contribution in [2.75, 3.05) is 0 Å². The molecular formula is C10H6Cl2F3N. The minimum atomic E-state index is -4.42. The molecule has 0 N–H and O–H groups in total. The van der Waals surface area contributed by atoms with Crippen LogP contribution < -0.4 is 0 Å². The monoisotopic (exact) mass is 267 g/mol. The standard InChI is InChI=1S/C10H6Cl2F3N/c11-8(5-16)4-6-3-7(10(13,14)15)1-2-9(6)12/h1-3,8H,4H2. The molecule has 0 saturated heterocycles. The fraction of sp³-hybridized carbons (Fsp3) is 0.300. The van der Waals surface area contributed by atoms with Crippen molar-refractivity contribution in [3.05, 3.63) is 34.3 Å². The summed E-state index contributed by atoms with van der Waals surface area (Å²) in [5.74, 6) is 0. The van der Waals surface area contributed by atoms with Gasteiger partial charge in [-0.15, -0.1) is 11.6 Å². The third-order valence-corrected chi connectivity index (χ3v) is 2.53. The largest absolute Gasteiger partial charge is 0.416 e. The predicted octanol–water partition coefficient (Wildman–Crippen LogP) is 4.03. The van der Waals surface area contributed by atoms with Gasteiger partial charge < -0.3 is 0 Å². The van der Waals surface area contributed by atoms with E-state index in [1.807, 2.05) is 0 Å². The molecule has 0 bridgehead atoms. The van der Waals surface area contributed by atoms with E-state index < -0.39 is 17.1 Å². The summed E-state index contributed by atoms with van der Waals surface area (Å²) in [6.07, 6.45) is -4.44. The summed E-state index contributed by atoms with van der Waals surface area (Å²) in [5, 5.41) is 7.76. The molecule has 1 nitrogen and oxygen atoms in total. The first kappa shape index (κ1) is 13.1. The van der Waals surface area contributed by atoms with Gasteiger partial charge in [0.25, 0.3) is 0 Å². The fourth-order valence-corrected chi connectivity index (χ4v) is 1.51. The maximum atomic E-state index is 12.4. The van der Waals surface area contributed by atoms with Crippen LogP contribution in [0.1, 0.15) is 11.1 Å². The minimum absolute atomic E-state index is 0.0131. The zero-order valence-corrected chi connectivity index (χ0v) is 9.37. The Bertz CT molecular complexity index is 423. The first-order valence-electron chi connectivity index (χ1n) is 4.24. The maximum absolute atomic E-state index is 12.4. The lowest BCUT2D eigenvalue weighted by molar-refractivity contribution is -0.137. The highest BCUT2D eigenvalue weighted by atomic mass is 35.5. The van der Waals surface area contributed by atoms with Crippen molar-refractivity contribution in [1.29, 1.82) is 5.26 Å². The quantitative estimate of drug-likeness (QED) is 0.743. The molecule has 16 heavy (non-hydrogen) atoms. The van der Waals surface area contributed by atoms with Gasteiger partial charge >= 0.3 is 6.18 Å². The zero-order chi connectivity index (χ0) is 12.3. The molecule has 0 amide bonds. The van der Waals surface area contributed by atoms with E-state index in [2.05, 4.69) is 0 Å². The number of rotatable bonds is 2. The number of halogens is 5. The molecule has 0 aliphatic carbocycles. The first-order chi connectivity index (χ1) is 7.34. The number of alkyl halides is 4. The second-order valence-electron chi connectivity index (χ2n) is 3.10. The third kappa shape index (κ3) is 3.29. The van der Waals surface area contributed by atoms with E-state index in [0.29, 0.717) is 0 Å². The van der Waals surface area contributed by atoms with E-state index in [1.165, 1.54) is 0 Å². The molecule has 1 atom stereocenters. The van der Waals surface area contributed by atoms with E-state index in [9.17, 15) is 13.2 Å². The van der Waals surface area contributed by atoms with Crippen LogP contribution in [0.15, 0.2) is 18.2 Å². The van der Waals surface area contributed by atoms with Gasteiger partial charge in [0, 0.05) is 11.4 Å². The summed E-state index contributed by atoms with van der Waals surface area (Å²) in [7, 11) is 0. The van der Waals surface area contributed by atoms with Gasteiger partial charge in [0.15, 0.2) is 0 Å². The highest BCUT2D eigenvalue weighted by Crippen LogP contribution is 2.32. The molecule has 0 aliphatic rings. The molecule has 0 fully saturated rings. The molecule has 0 aliphatic heterocycles. The summed E-state index contributed by atoms with van der Waals surface area (Å²) in [4.78, 5) is 0. The summed E-state index contributed by atoms with van der Waals surface area (Å²) >= 11 is 11.2. The van der Waals surface area contributed by atoms with Crippen molar-refractivity contribution in [2.45, 2.75) is 18.0 Å². The normalized spacial score (nSPS) is 13.2. The molecule has 1 rings (SSSR count). The highest BCUT2D eigenvalue weighted by Gasteiger charge is 2.31. The van der Waals surface area contributed by atoms with Gasteiger partial charge in [0.2, 0.25) is 0 Å². The van der Waals surface area contributed by atoms with Gasteiger partial charge in [0.1, 0.15) is 5.38 Å². The van der Waals surface area contributed by atoms with Crippen molar-refractivity contribution in [2.24, 2.45) is 0 Å². The maximum Gasteiger partial charge on any atom is 0.416 e. The van der Waals surface area contributed by atoms with Crippen LogP contribution in [0.2, 0.25) is 5.02 Å². The van der Waals surface area contributed by atoms with Crippen LogP contribution >= 0.6 is 23.2 Å². The van der Waals surface area contributed by atoms with Crippen molar-refractivity contribution < 1.29 is 13.2 Å². The topological polar surface area (TPSA) is 23.8 Å². The molecule has 0 saturated carbocycles. The van der Waals surface area contributed by atoms with Gasteiger partial charge in [-0.25, -0.2) is 0 Å². The van der Waals surface area contributed by atoms with Crippen molar-refractivity contribution >= 4 is 23.2 Å². The Morgan fingerprint density at radius 2 is 2.00 bits per heavy atom. The Balaban J connectivity index is 3.05. The molecule has 6 heteroatoms. The average Bonchev–Trinajstić information content (AvgIpc) is 2.19. The van der Waals surface area contributed by atoms with E-state index in [0.717, 1.165) is 18.2 Å². The van der Waals surface area contributed by atoms with Gasteiger partial charge in [-0.3, -0.25) is 0 Å². The van der Waals surface area contributed by atoms with Gasteiger partial charge in [0.05, 0.1) is 11.6 Å². The summed E-state index contributed by atoms with van der Waals surface area (Å²) < 4.78 is 37.1. The Kier molecular flexibility index (Phi) is 4.06. The molecule has 0 radical (unpaired) electrons. The Labute approximate surface area is 100 Å². The molecule has 0 aromatic heterocycles. The van der Waals surface area contributed by atoms with Crippen LogP contribution in [0.5, 0.6) is 0 Å². The third-order valence-electron chi connectivity index (χ3n) is 1.91. The lowest BCUT2D eigenvalue weighted by atomic mass is 10.1. The SMILES string of the molecule is N#CC(Cl)Cc1cc(C(F)(F)F)ccc1Cl. The summed E-state index contributed by atoms with van der Waals surface area (Å²) in [5.41, 5.74) is -0.577. The Morgan fingerprint density at radius 3 is 2.50 bits per heavy atom. The highest BCUT2D eigenvalue weighted by molar-refractivity contribution is 6.31. The second-order valence-corrected chi connectivity index (χ2v) is 4.04. The van der Waals surface area contributed by atoms with Crippen LogP contribution in [0.25, 0.3) is 0 Å². The molecular weight excluding hydrogens is 262 g/mol. The van der Waals surface area contributed by atoms with Crippen molar-refractivity contribution in [3.8, 4) is 6.07 Å². The molecule has 0 spiro atoms. The summed E-state index contributed by atoms with van der Waals surface area (Å²) in [6.45, 7) is 0. The fourth-order valence-electron chi connectivity index (χ4n) is 1.15. The first-order valence-corrected chi connectivity index (χ1v) is 5.05. The van der Waals surface area contributed by atoms with Crippen molar-refractivity contribution in [3.63, 3.8) is 0 Å². The molecule has 86 valence electrons. The average molecular weight is 268 g/mol. The molecule has 0 heterocycles. The number of hydrogen-bond acceptors (Lipinski definition) is 1. The van der Waals surface area contributed by atoms with Crippen LogP contribution in [0.4, 0.5) is 13.2 Å². The van der Waals surface area contributed by atoms with Crippen LogP contribution in [-0.4, -0.2) is 5.38 Å². The smallest absolute Gasteiger partial charge is 0.197 e. The molecule has 1 aromatic carbocycles. The van der Waals surface area contributed by atoms with Crippen LogP contribution in [-0.2, 0) is 12.6 Å². The molecule has 1 aromatic rings. The number of nitriles is 1. The van der Waals surface area contributed by atoms with E-state index in [4.69, 9.17) is 28.5 Å². The number of benzene rings is 1. The van der Waals surface area contributed by atoms with Crippen molar-refractivity contribution in [1.82, 2.24) is 0 Å². The summed E-state index contributed by atoms with van der Waals surface area (Å²) in [6, 6.07) is 4.68. The number of nitrogens with zero attached hydrogens (tertiary/aromatic N) is 1. The van der Waals surface area contributed by atoms with Gasteiger partial charge in [-0.2, -0.15) is 18.4 Å². The number of hydrogen-bond donors (Lipinski definition) is 0. The second kappa shape index (κ2) is 4.94. The zero-order valence-electron chi connectivity index (χ0n) is 7.85. The predicted molar refractivity (Wildman–Crippen MR) is 55.4 cm³/mol.